The Balaban J connectivity index is 2.13. The Kier molecular flexibility index (Phi) is 4.24. The van der Waals surface area contributed by atoms with E-state index in [-0.39, 0.29) is 0 Å². The molecule has 0 atom stereocenters. The van der Waals surface area contributed by atoms with Crippen LogP contribution >= 0.6 is 11.3 Å². The van der Waals surface area contributed by atoms with Crippen molar-refractivity contribution in [1.29, 1.82) is 0 Å². The fourth-order valence-corrected chi connectivity index (χ4v) is 1.61. The maximum atomic E-state index is 11.6. The average Bonchev–Trinajstić information content (AvgIpc) is 2.45. The zero-order chi connectivity index (χ0) is 9.68. The molecular weight excluding hydrogens is 196 g/mol. The van der Waals surface area contributed by atoms with Crippen LogP contribution < -0.4 is 0 Å². The minimum absolute atomic E-state index is 0.317. The van der Waals surface area contributed by atoms with E-state index in [1.165, 1.54) is 11.3 Å². The number of alkyl halides is 2. The van der Waals surface area contributed by atoms with Gasteiger partial charge in [0.05, 0.1) is 11.6 Å². The summed E-state index contributed by atoms with van der Waals surface area (Å²) in [4.78, 5) is 4.18. The molecule has 0 bridgehead atoms. The van der Waals surface area contributed by atoms with Gasteiger partial charge in [0.1, 0.15) is 6.61 Å². The quantitative estimate of drug-likeness (QED) is 0.691. The molecule has 0 unspecified atom stereocenters. The molecule has 1 heterocycles. The van der Waals surface area contributed by atoms with Gasteiger partial charge in [-0.05, 0) is 6.92 Å². The van der Waals surface area contributed by atoms with Gasteiger partial charge in [0.15, 0.2) is 0 Å². The Bertz CT molecular complexity index is 252. The molecule has 2 nitrogen and oxygen atoms in total. The van der Waals surface area contributed by atoms with E-state index in [4.69, 9.17) is 4.74 Å². The van der Waals surface area contributed by atoms with Gasteiger partial charge in [-0.3, -0.25) is 0 Å². The number of aromatic nitrogens is 1. The van der Waals surface area contributed by atoms with Crippen LogP contribution in [0.1, 0.15) is 10.7 Å². The molecule has 0 spiro atoms. The summed E-state index contributed by atoms with van der Waals surface area (Å²) in [6.45, 7) is 1.74. The molecule has 13 heavy (non-hydrogen) atoms. The fourth-order valence-electron chi connectivity index (χ4n) is 0.849. The SMILES string of the molecule is Cc1csc(CCOCC(F)F)n1. The van der Waals surface area contributed by atoms with Gasteiger partial charge in [-0.1, -0.05) is 0 Å². The third-order valence-electron chi connectivity index (χ3n) is 1.37. The summed E-state index contributed by atoms with van der Waals surface area (Å²) in [7, 11) is 0. The number of hydrogen-bond donors (Lipinski definition) is 0. The topological polar surface area (TPSA) is 22.1 Å². The van der Waals surface area contributed by atoms with Crippen molar-refractivity contribution < 1.29 is 13.5 Å². The Morgan fingerprint density at radius 1 is 1.62 bits per heavy atom. The summed E-state index contributed by atoms with van der Waals surface area (Å²) in [5.41, 5.74) is 0.967. The maximum absolute atomic E-state index is 11.6. The molecule has 1 aromatic heterocycles. The molecule has 1 aromatic rings. The normalized spacial score (nSPS) is 11.1. The van der Waals surface area contributed by atoms with Crippen LogP contribution in [-0.4, -0.2) is 24.6 Å². The second-order valence-corrected chi connectivity index (χ2v) is 3.54. The van der Waals surface area contributed by atoms with Crippen LogP contribution in [0.25, 0.3) is 0 Å². The molecule has 0 saturated heterocycles. The minimum Gasteiger partial charge on any atom is -0.375 e. The van der Waals surface area contributed by atoms with Gasteiger partial charge in [-0.2, -0.15) is 0 Å². The zero-order valence-electron chi connectivity index (χ0n) is 7.30. The van der Waals surface area contributed by atoms with E-state index in [2.05, 4.69) is 4.98 Å². The molecule has 5 heteroatoms. The van der Waals surface area contributed by atoms with Gasteiger partial charge in [-0.15, -0.1) is 11.3 Å². The fraction of sp³-hybridized carbons (Fsp3) is 0.625. The van der Waals surface area contributed by atoms with Crippen molar-refractivity contribution in [2.24, 2.45) is 0 Å². The van der Waals surface area contributed by atoms with E-state index >= 15 is 0 Å². The summed E-state index contributed by atoms with van der Waals surface area (Å²) >= 11 is 1.53. The van der Waals surface area contributed by atoms with Crippen LogP contribution in [0.4, 0.5) is 8.78 Å². The van der Waals surface area contributed by atoms with Crippen molar-refractivity contribution in [2.45, 2.75) is 19.8 Å². The Hall–Kier alpha value is -0.550. The van der Waals surface area contributed by atoms with Crippen LogP contribution in [0.3, 0.4) is 0 Å². The molecule has 0 aliphatic heterocycles. The number of thiazole rings is 1. The minimum atomic E-state index is -2.38. The Morgan fingerprint density at radius 2 is 2.38 bits per heavy atom. The Morgan fingerprint density at radius 3 is 2.92 bits per heavy atom. The molecule has 0 amide bonds. The molecule has 0 saturated carbocycles. The first kappa shape index (κ1) is 10.5. The molecule has 0 aliphatic carbocycles. The number of aryl methyl sites for hydroxylation is 1. The van der Waals surface area contributed by atoms with Gasteiger partial charge < -0.3 is 4.74 Å². The van der Waals surface area contributed by atoms with Crippen molar-refractivity contribution in [3.63, 3.8) is 0 Å². The monoisotopic (exact) mass is 207 g/mol. The van der Waals surface area contributed by atoms with Crippen molar-refractivity contribution >= 4 is 11.3 Å². The second-order valence-electron chi connectivity index (χ2n) is 2.60. The molecule has 0 aromatic carbocycles. The smallest absolute Gasteiger partial charge is 0.261 e. The van der Waals surface area contributed by atoms with Crippen LogP contribution in [0.15, 0.2) is 5.38 Å². The van der Waals surface area contributed by atoms with Crippen LogP contribution in [0.2, 0.25) is 0 Å². The van der Waals surface area contributed by atoms with E-state index in [1.54, 1.807) is 0 Å². The van der Waals surface area contributed by atoms with Crippen LogP contribution in [-0.2, 0) is 11.2 Å². The lowest BCUT2D eigenvalue weighted by atomic mass is 10.5. The average molecular weight is 207 g/mol. The number of rotatable bonds is 5. The molecule has 0 radical (unpaired) electrons. The number of hydrogen-bond acceptors (Lipinski definition) is 3. The summed E-state index contributed by atoms with van der Waals surface area (Å²) in [5.74, 6) is 0. The summed E-state index contributed by atoms with van der Waals surface area (Å²) in [6.07, 6.45) is -1.76. The lowest BCUT2D eigenvalue weighted by Gasteiger charge is -2.00. The van der Waals surface area contributed by atoms with Gasteiger partial charge in [0.2, 0.25) is 0 Å². The summed E-state index contributed by atoms with van der Waals surface area (Å²) < 4.78 is 28.0. The van der Waals surface area contributed by atoms with Crippen LogP contribution in [0, 0.1) is 6.92 Å². The molecule has 74 valence electrons. The number of nitrogens with zero attached hydrogens (tertiary/aromatic N) is 1. The van der Waals surface area contributed by atoms with Crippen molar-refractivity contribution in [3.05, 3.63) is 16.1 Å². The highest BCUT2D eigenvalue weighted by atomic mass is 32.1. The molecule has 1 rings (SSSR count). The highest BCUT2D eigenvalue weighted by molar-refractivity contribution is 7.09. The first-order chi connectivity index (χ1) is 6.18. The van der Waals surface area contributed by atoms with E-state index < -0.39 is 13.0 Å². The van der Waals surface area contributed by atoms with Crippen molar-refractivity contribution in [3.8, 4) is 0 Å². The highest BCUT2D eigenvalue weighted by Crippen LogP contribution is 2.09. The molecule has 0 N–H and O–H groups in total. The highest BCUT2D eigenvalue weighted by Gasteiger charge is 2.02. The third-order valence-corrected chi connectivity index (χ3v) is 2.40. The summed E-state index contributed by atoms with van der Waals surface area (Å²) in [6, 6.07) is 0. The van der Waals surface area contributed by atoms with Gasteiger partial charge in [0, 0.05) is 17.5 Å². The van der Waals surface area contributed by atoms with E-state index in [1.807, 2.05) is 12.3 Å². The number of ether oxygens (including phenoxy) is 1. The predicted octanol–water partition coefficient (Wildman–Crippen LogP) is 2.28. The first-order valence-electron chi connectivity index (χ1n) is 3.95. The largest absolute Gasteiger partial charge is 0.375 e. The molecule has 0 fully saturated rings. The molecular formula is C8H11F2NOS. The zero-order valence-corrected chi connectivity index (χ0v) is 8.11. The standard InChI is InChI=1S/C8H11F2NOS/c1-6-5-13-8(11-6)2-3-12-4-7(9)10/h5,7H,2-4H2,1H3. The van der Waals surface area contributed by atoms with Crippen LogP contribution in [0.5, 0.6) is 0 Å². The lowest BCUT2D eigenvalue weighted by molar-refractivity contribution is 0.0187. The van der Waals surface area contributed by atoms with Gasteiger partial charge in [0.25, 0.3) is 6.43 Å². The third kappa shape index (κ3) is 4.28. The second kappa shape index (κ2) is 5.24. The predicted molar refractivity (Wildman–Crippen MR) is 47.4 cm³/mol. The number of halogens is 2. The first-order valence-corrected chi connectivity index (χ1v) is 4.83. The van der Waals surface area contributed by atoms with E-state index in [0.717, 1.165) is 10.7 Å². The van der Waals surface area contributed by atoms with Crippen molar-refractivity contribution in [2.75, 3.05) is 13.2 Å². The molecule has 0 aliphatic rings. The van der Waals surface area contributed by atoms with Gasteiger partial charge in [-0.25, -0.2) is 13.8 Å². The summed E-state index contributed by atoms with van der Waals surface area (Å²) in [5, 5.41) is 2.87. The Labute approximate surface area is 79.6 Å². The lowest BCUT2D eigenvalue weighted by Crippen LogP contribution is -2.06. The maximum Gasteiger partial charge on any atom is 0.261 e. The van der Waals surface area contributed by atoms with Gasteiger partial charge >= 0.3 is 0 Å². The van der Waals surface area contributed by atoms with E-state index in [0.29, 0.717) is 13.0 Å². The van der Waals surface area contributed by atoms with E-state index in [9.17, 15) is 8.78 Å². The van der Waals surface area contributed by atoms with Crippen molar-refractivity contribution in [1.82, 2.24) is 4.98 Å².